The number of rotatable bonds is 1. The number of nitrogens with zero attached hydrogens (tertiary/aromatic N) is 1. The Kier molecular flexibility index (Phi) is 2.63. The Morgan fingerprint density at radius 1 is 1.33 bits per heavy atom. The fourth-order valence-electron chi connectivity index (χ4n) is 1.63. The number of pyridine rings is 1. The van der Waals surface area contributed by atoms with Crippen LogP contribution in [0.25, 0.3) is 10.9 Å². The first-order valence-electron chi connectivity index (χ1n) is 4.90. The van der Waals surface area contributed by atoms with E-state index in [-0.39, 0.29) is 6.04 Å². The first-order valence-corrected chi connectivity index (χ1v) is 5.28. The van der Waals surface area contributed by atoms with Crippen LogP contribution < -0.4 is 5.73 Å². The maximum atomic E-state index is 5.94. The fraction of sp³-hybridized carbons (Fsp3) is 0.250. The molecule has 2 aromatic rings. The topological polar surface area (TPSA) is 38.9 Å². The smallest absolute Gasteiger partial charge is 0.0709 e. The van der Waals surface area contributed by atoms with Crippen molar-refractivity contribution in [3.63, 3.8) is 0 Å². The molecule has 0 amide bonds. The van der Waals surface area contributed by atoms with Gasteiger partial charge in [0.2, 0.25) is 0 Å². The summed E-state index contributed by atoms with van der Waals surface area (Å²) in [7, 11) is 0. The van der Waals surface area contributed by atoms with Gasteiger partial charge in [0.25, 0.3) is 0 Å². The Morgan fingerprint density at radius 3 is 2.73 bits per heavy atom. The van der Waals surface area contributed by atoms with Crippen LogP contribution in [0.1, 0.15) is 24.2 Å². The van der Waals surface area contributed by atoms with E-state index in [4.69, 9.17) is 17.3 Å². The number of fused-ring (bicyclic) bond motifs is 1. The Balaban J connectivity index is 2.73. The molecule has 1 unspecified atom stereocenters. The van der Waals surface area contributed by atoms with E-state index >= 15 is 0 Å². The van der Waals surface area contributed by atoms with Crippen LogP contribution in [0.15, 0.2) is 24.3 Å². The van der Waals surface area contributed by atoms with Crippen LogP contribution in [0.5, 0.6) is 0 Å². The summed E-state index contributed by atoms with van der Waals surface area (Å²) < 4.78 is 0. The molecule has 0 spiro atoms. The predicted octanol–water partition coefficient (Wildman–Crippen LogP) is 3.22. The number of hydrogen-bond acceptors (Lipinski definition) is 2. The third-order valence-corrected chi connectivity index (χ3v) is 2.70. The monoisotopic (exact) mass is 220 g/mol. The van der Waals surface area contributed by atoms with Crippen LogP contribution in [-0.4, -0.2) is 4.98 Å². The highest BCUT2D eigenvalue weighted by atomic mass is 35.5. The van der Waals surface area contributed by atoms with Crippen LogP contribution in [0.2, 0.25) is 5.02 Å². The van der Waals surface area contributed by atoms with Crippen molar-refractivity contribution in [2.75, 3.05) is 0 Å². The van der Waals surface area contributed by atoms with Crippen molar-refractivity contribution in [2.45, 2.75) is 19.9 Å². The minimum Gasteiger partial charge on any atom is -0.323 e. The van der Waals surface area contributed by atoms with E-state index in [9.17, 15) is 0 Å². The van der Waals surface area contributed by atoms with Gasteiger partial charge in [-0.15, -0.1) is 0 Å². The van der Waals surface area contributed by atoms with Gasteiger partial charge in [0.15, 0.2) is 0 Å². The van der Waals surface area contributed by atoms with Crippen LogP contribution >= 0.6 is 11.6 Å². The maximum absolute atomic E-state index is 5.94. The van der Waals surface area contributed by atoms with E-state index in [1.807, 2.05) is 38.1 Å². The van der Waals surface area contributed by atoms with Crippen LogP contribution in [0.4, 0.5) is 0 Å². The molecule has 0 aliphatic carbocycles. The van der Waals surface area contributed by atoms with Crippen molar-refractivity contribution in [3.8, 4) is 0 Å². The van der Waals surface area contributed by atoms with Crippen molar-refractivity contribution >= 4 is 22.5 Å². The average Bonchev–Trinajstić information content (AvgIpc) is 2.18. The molecule has 0 aliphatic heterocycles. The molecule has 0 aliphatic rings. The van der Waals surface area contributed by atoms with Gasteiger partial charge in [-0.3, -0.25) is 4.98 Å². The van der Waals surface area contributed by atoms with E-state index in [1.165, 1.54) is 0 Å². The summed E-state index contributed by atoms with van der Waals surface area (Å²) in [5.74, 6) is 0. The zero-order chi connectivity index (χ0) is 11.0. The zero-order valence-electron chi connectivity index (χ0n) is 8.79. The lowest BCUT2D eigenvalue weighted by molar-refractivity contribution is 0.785. The molecule has 78 valence electrons. The van der Waals surface area contributed by atoms with Gasteiger partial charge in [-0.1, -0.05) is 11.6 Å². The van der Waals surface area contributed by atoms with Gasteiger partial charge in [-0.25, -0.2) is 0 Å². The van der Waals surface area contributed by atoms with E-state index in [1.54, 1.807) is 0 Å². The van der Waals surface area contributed by atoms with Gasteiger partial charge >= 0.3 is 0 Å². The maximum Gasteiger partial charge on any atom is 0.0709 e. The van der Waals surface area contributed by atoms with E-state index in [0.717, 1.165) is 27.2 Å². The molecule has 0 bridgehead atoms. The molecule has 1 aromatic carbocycles. The second-order valence-electron chi connectivity index (χ2n) is 3.81. The Hall–Kier alpha value is -1.12. The first-order chi connectivity index (χ1) is 7.08. The molecule has 0 saturated carbocycles. The average molecular weight is 221 g/mol. The number of aromatic nitrogens is 1. The third-order valence-electron chi connectivity index (χ3n) is 2.46. The molecule has 2 rings (SSSR count). The van der Waals surface area contributed by atoms with Crippen LogP contribution in [0.3, 0.4) is 0 Å². The zero-order valence-corrected chi connectivity index (χ0v) is 9.55. The van der Waals surface area contributed by atoms with Gasteiger partial charge in [0, 0.05) is 16.5 Å². The highest BCUT2D eigenvalue weighted by molar-refractivity contribution is 6.31. The normalized spacial score (nSPS) is 13.1. The molecular formula is C12H13ClN2. The first kappa shape index (κ1) is 10.4. The lowest BCUT2D eigenvalue weighted by Crippen LogP contribution is -2.07. The quantitative estimate of drug-likeness (QED) is 0.802. The lowest BCUT2D eigenvalue weighted by Gasteiger charge is -2.09. The number of halogens is 1. The summed E-state index contributed by atoms with van der Waals surface area (Å²) in [4.78, 5) is 4.49. The van der Waals surface area contributed by atoms with Gasteiger partial charge in [-0.2, -0.15) is 0 Å². The number of benzene rings is 1. The molecule has 2 nitrogen and oxygen atoms in total. The fourth-order valence-corrected chi connectivity index (χ4v) is 1.80. The van der Waals surface area contributed by atoms with Gasteiger partial charge in [-0.05, 0) is 43.7 Å². The second-order valence-corrected chi connectivity index (χ2v) is 4.25. The minimum absolute atomic E-state index is 0.0382. The highest BCUT2D eigenvalue weighted by Crippen LogP contribution is 2.23. The number of hydrogen-bond donors (Lipinski definition) is 1. The SMILES string of the molecule is Cc1cc(C(C)N)nc2ccc(Cl)cc12. The second kappa shape index (κ2) is 3.80. The standard InChI is InChI=1S/C12H13ClN2/c1-7-5-12(8(2)14)15-11-4-3-9(13)6-10(7)11/h3-6,8H,14H2,1-2H3. The molecular weight excluding hydrogens is 208 g/mol. The predicted molar refractivity (Wildman–Crippen MR) is 64.1 cm³/mol. The summed E-state index contributed by atoms with van der Waals surface area (Å²) in [6.07, 6.45) is 0. The van der Waals surface area contributed by atoms with Crippen LogP contribution in [-0.2, 0) is 0 Å². The number of nitrogens with two attached hydrogens (primary N) is 1. The summed E-state index contributed by atoms with van der Waals surface area (Å²) in [5.41, 5.74) is 8.85. The van der Waals surface area contributed by atoms with Crippen LogP contribution in [0, 0.1) is 6.92 Å². The lowest BCUT2D eigenvalue weighted by atomic mass is 10.1. The van der Waals surface area contributed by atoms with Crippen molar-refractivity contribution in [3.05, 3.63) is 40.5 Å². The Morgan fingerprint density at radius 2 is 2.07 bits per heavy atom. The van der Waals surface area contributed by atoms with E-state index in [2.05, 4.69) is 4.98 Å². The minimum atomic E-state index is -0.0382. The summed E-state index contributed by atoms with van der Waals surface area (Å²) >= 11 is 5.94. The summed E-state index contributed by atoms with van der Waals surface area (Å²) in [5, 5.41) is 1.83. The molecule has 0 saturated heterocycles. The Labute approximate surface area is 94.1 Å². The van der Waals surface area contributed by atoms with Crippen molar-refractivity contribution in [1.29, 1.82) is 0 Å². The highest BCUT2D eigenvalue weighted by Gasteiger charge is 2.06. The molecule has 0 radical (unpaired) electrons. The third kappa shape index (κ3) is 1.96. The Bertz CT molecular complexity index is 506. The summed E-state index contributed by atoms with van der Waals surface area (Å²) in [6.45, 7) is 3.98. The van der Waals surface area contributed by atoms with Crippen molar-refractivity contribution in [2.24, 2.45) is 5.73 Å². The van der Waals surface area contributed by atoms with Gasteiger partial charge in [0.1, 0.15) is 0 Å². The molecule has 15 heavy (non-hydrogen) atoms. The molecule has 0 fully saturated rings. The molecule has 3 heteroatoms. The molecule has 1 atom stereocenters. The van der Waals surface area contributed by atoms with Gasteiger partial charge in [0.05, 0.1) is 11.2 Å². The molecule has 1 heterocycles. The number of aryl methyl sites for hydroxylation is 1. The summed E-state index contributed by atoms with van der Waals surface area (Å²) in [6, 6.07) is 7.69. The largest absolute Gasteiger partial charge is 0.323 e. The van der Waals surface area contributed by atoms with Crippen molar-refractivity contribution < 1.29 is 0 Å². The van der Waals surface area contributed by atoms with E-state index in [0.29, 0.717) is 0 Å². The van der Waals surface area contributed by atoms with Gasteiger partial charge < -0.3 is 5.73 Å². The van der Waals surface area contributed by atoms with Crippen molar-refractivity contribution in [1.82, 2.24) is 4.98 Å². The van der Waals surface area contributed by atoms with E-state index < -0.39 is 0 Å². The molecule has 2 N–H and O–H groups in total. The molecule has 1 aromatic heterocycles.